The molecule has 11 atom stereocenters. The quantitative estimate of drug-likeness (QED) is 0.298. The van der Waals surface area contributed by atoms with Crippen LogP contribution in [-0.4, -0.2) is 78.3 Å². The number of esters is 1. The summed E-state index contributed by atoms with van der Waals surface area (Å²) in [5.74, 6) is 0.987. The van der Waals surface area contributed by atoms with Crippen molar-refractivity contribution in [2.45, 2.75) is 113 Å². The SMILES string of the molecule is CC(=O)O[C@@H]1CC[C@@]2(C)C(CC[C@]3(C)C2C(=O)C=C2C4[C@@H](C)[C@H](C)CC[C@]4(C)CC[C@]23C)[C@@]1(C)C(=O)NCCN(CCO)CCO. The Hall–Kier alpha value is -1.77. The van der Waals surface area contributed by atoms with Gasteiger partial charge in [0, 0.05) is 39.0 Å². The minimum Gasteiger partial charge on any atom is -0.461 e. The molecule has 4 fully saturated rings. The number of nitrogens with one attached hydrogen (secondary N) is 1. The summed E-state index contributed by atoms with van der Waals surface area (Å²) in [6.07, 6.45) is 9.25. The summed E-state index contributed by atoms with van der Waals surface area (Å²) in [5.41, 5.74) is -0.0715. The fourth-order valence-corrected chi connectivity index (χ4v) is 12.2. The highest BCUT2D eigenvalue weighted by molar-refractivity contribution is 5.96. The van der Waals surface area contributed by atoms with E-state index in [2.05, 4.69) is 52.9 Å². The number of hydrogen-bond acceptors (Lipinski definition) is 7. The minimum absolute atomic E-state index is 0.0260. The Morgan fingerprint density at radius 2 is 1.61 bits per heavy atom. The van der Waals surface area contributed by atoms with Crippen LogP contribution < -0.4 is 5.32 Å². The summed E-state index contributed by atoms with van der Waals surface area (Å²) in [6, 6.07) is 0. The highest BCUT2D eigenvalue weighted by atomic mass is 16.5. The molecule has 4 saturated carbocycles. The lowest BCUT2D eigenvalue weighted by Crippen LogP contribution is -2.69. The lowest BCUT2D eigenvalue weighted by atomic mass is 9.33. The normalized spacial score (nSPS) is 45.1. The molecule has 0 aliphatic heterocycles. The molecule has 0 heterocycles. The topological polar surface area (TPSA) is 116 Å². The summed E-state index contributed by atoms with van der Waals surface area (Å²) in [6.45, 7) is 19.4. The third-order valence-corrected chi connectivity index (χ3v) is 15.1. The summed E-state index contributed by atoms with van der Waals surface area (Å²) in [5, 5.41) is 22.0. The minimum atomic E-state index is -0.998. The standard InChI is InChI=1S/C38H62N2O6/c1-24-9-12-34(4)15-16-36(6)27(31(34)25(24)2)23-28(44)32-35(5)13-11-30(46-26(3)43)38(8,29(35)10-14-37(32,36)7)33(45)39-17-18-40(19-21-41)20-22-42/h23-25,29-32,41-42H,9-22H2,1-8H3,(H,39,45)/t24-,25+,29?,30-,31?,32?,34-,35+,36-,37-,38-/m1/s1. The Morgan fingerprint density at radius 3 is 2.24 bits per heavy atom. The molecule has 46 heavy (non-hydrogen) atoms. The van der Waals surface area contributed by atoms with E-state index >= 15 is 0 Å². The predicted molar refractivity (Wildman–Crippen MR) is 179 cm³/mol. The molecule has 5 rings (SSSR count). The van der Waals surface area contributed by atoms with Crippen molar-refractivity contribution in [3.8, 4) is 0 Å². The molecule has 8 heteroatoms. The van der Waals surface area contributed by atoms with Gasteiger partial charge in [-0.15, -0.1) is 0 Å². The third-order valence-electron chi connectivity index (χ3n) is 15.1. The van der Waals surface area contributed by atoms with Gasteiger partial charge in [0.05, 0.1) is 18.6 Å². The van der Waals surface area contributed by atoms with Crippen LogP contribution in [0.4, 0.5) is 0 Å². The lowest BCUT2D eigenvalue weighted by molar-refractivity contribution is -0.214. The van der Waals surface area contributed by atoms with Crippen LogP contribution >= 0.6 is 0 Å². The molecule has 3 unspecified atom stereocenters. The van der Waals surface area contributed by atoms with Gasteiger partial charge in [0.1, 0.15) is 6.10 Å². The second kappa shape index (κ2) is 12.6. The van der Waals surface area contributed by atoms with E-state index in [1.165, 1.54) is 31.8 Å². The maximum Gasteiger partial charge on any atom is 0.302 e. The van der Waals surface area contributed by atoms with E-state index in [0.29, 0.717) is 50.4 Å². The molecule has 0 spiro atoms. The Labute approximate surface area is 277 Å². The van der Waals surface area contributed by atoms with Crippen LogP contribution in [0.25, 0.3) is 0 Å². The Kier molecular flexibility index (Phi) is 9.73. The zero-order valence-corrected chi connectivity index (χ0v) is 29.9. The van der Waals surface area contributed by atoms with Gasteiger partial charge in [-0.25, -0.2) is 0 Å². The Morgan fingerprint density at radius 1 is 0.935 bits per heavy atom. The largest absolute Gasteiger partial charge is 0.461 e. The van der Waals surface area contributed by atoms with Gasteiger partial charge in [0.2, 0.25) is 5.91 Å². The van der Waals surface area contributed by atoms with Crippen LogP contribution in [0, 0.1) is 56.7 Å². The highest BCUT2D eigenvalue weighted by Gasteiger charge is 2.72. The molecule has 5 aliphatic rings. The van der Waals surface area contributed by atoms with Crippen LogP contribution in [-0.2, 0) is 19.1 Å². The van der Waals surface area contributed by atoms with E-state index < -0.39 is 16.9 Å². The number of ketones is 1. The van der Waals surface area contributed by atoms with Gasteiger partial charge in [-0.1, -0.05) is 47.1 Å². The molecule has 0 radical (unpaired) electrons. The number of carbonyl (C=O) groups is 3. The van der Waals surface area contributed by atoms with Crippen molar-refractivity contribution in [2.75, 3.05) is 39.4 Å². The molecule has 0 saturated heterocycles. The van der Waals surface area contributed by atoms with E-state index in [9.17, 15) is 24.6 Å². The fraction of sp³-hybridized carbons (Fsp3) is 0.868. The van der Waals surface area contributed by atoms with Crippen LogP contribution in [0.3, 0.4) is 0 Å². The molecule has 0 bridgehead atoms. The number of nitrogens with zero attached hydrogens (tertiary/aromatic N) is 1. The molecule has 3 N–H and O–H groups in total. The molecule has 0 aromatic carbocycles. The van der Waals surface area contributed by atoms with Crippen molar-refractivity contribution in [2.24, 2.45) is 56.7 Å². The molecule has 5 aliphatic carbocycles. The molecule has 0 aromatic rings. The Bertz CT molecular complexity index is 1230. The van der Waals surface area contributed by atoms with E-state index in [1.54, 1.807) is 0 Å². The maximum absolute atomic E-state index is 14.8. The van der Waals surface area contributed by atoms with E-state index in [-0.39, 0.29) is 59.0 Å². The number of amides is 1. The van der Waals surface area contributed by atoms with E-state index in [4.69, 9.17) is 4.74 Å². The number of fused-ring (bicyclic) bond motifs is 7. The number of rotatable bonds is 9. The van der Waals surface area contributed by atoms with Gasteiger partial charge < -0.3 is 20.3 Å². The summed E-state index contributed by atoms with van der Waals surface area (Å²) >= 11 is 0. The number of carbonyl (C=O) groups excluding carboxylic acids is 3. The lowest BCUT2D eigenvalue weighted by Gasteiger charge is -2.70. The van der Waals surface area contributed by atoms with Crippen molar-refractivity contribution >= 4 is 17.7 Å². The smallest absolute Gasteiger partial charge is 0.302 e. The van der Waals surface area contributed by atoms with Crippen LogP contribution in [0.1, 0.15) is 107 Å². The average molecular weight is 643 g/mol. The first kappa shape index (κ1) is 35.5. The van der Waals surface area contributed by atoms with Crippen LogP contribution in [0.15, 0.2) is 11.6 Å². The summed E-state index contributed by atoms with van der Waals surface area (Å²) < 4.78 is 5.94. The molecule has 0 aromatic heterocycles. The van der Waals surface area contributed by atoms with Crippen molar-refractivity contribution in [3.63, 3.8) is 0 Å². The molecule has 8 nitrogen and oxygen atoms in total. The summed E-state index contributed by atoms with van der Waals surface area (Å²) in [7, 11) is 0. The van der Waals surface area contributed by atoms with Gasteiger partial charge in [-0.3, -0.25) is 19.3 Å². The number of ether oxygens (including phenoxy) is 1. The number of hydrogen-bond donors (Lipinski definition) is 3. The van der Waals surface area contributed by atoms with Gasteiger partial charge in [-0.2, -0.15) is 0 Å². The van der Waals surface area contributed by atoms with Crippen molar-refractivity contribution in [3.05, 3.63) is 11.6 Å². The number of aliphatic hydroxyl groups excluding tert-OH is 2. The van der Waals surface area contributed by atoms with Gasteiger partial charge in [0.15, 0.2) is 5.78 Å². The molecular formula is C38H62N2O6. The zero-order chi connectivity index (χ0) is 33.9. The second-order valence-corrected chi connectivity index (χ2v) is 17.3. The highest BCUT2D eigenvalue weighted by Crippen LogP contribution is 2.75. The van der Waals surface area contributed by atoms with Crippen molar-refractivity contribution in [1.29, 1.82) is 0 Å². The van der Waals surface area contributed by atoms with Gasteiger partial charge >= 0.3 is 5.97 Å². The molecule has 260 valence electrons. The molecular weight excluding hydrogens is 580 g/mol. The van der Waals surface area contributed by atoms with Crippen molar-refractivity contribution < 1.29 is 29.3 Å². The van der Waals surface area contributed by atoms with Gasteiger partial charge in [0.25, 0.3) is 0 Å². The number of allylic oxidation sites excluding steroid dienone is 2. The molecule has 1 amide bonds. The zero-order valence-electron chi connectivity index (χ0n) is 29.9. The first-order valence-corrected chi connectivity index (χ1v) is 18.2. The first-order chi connectivity index (χ1) is 21.5. The fourth-order valence-electron chi connectivity index (χ4n) is 12.2. The average Bonchev–Trinajstić information content (AvgIpc) is 2.98. The summed E-state index contributed by atoms with van der Waals surface area (Å²) in [4.78, 5) is 43.4. The number of aliphatic hydroxyl groups is 2. The first-order valence-electron chi connectivity index (χ1n) is 18.2. The Balaban J connectivity index is 1.50. The predicted octanol–water partition coefficient (Wildman–Crippen LogP) is 5.16. The monoisotopic (exact) mass is 642 g/mol. The van der Waals surface area contributed by atoms with Crippen molar-refractivity contribution in [1.82, 2.24) is 10.2 Å². The van der Waals surface area contributed by atoms with E-state index in [1.807, 2.05) is 11.8 Å². The third kappa shape index (κ3) is 5.31. The van der Waals surface area contributed by atoms with Gasteiger partial charge in [-0.05, 0) is 110 Å². The second-order valence-electron chi connectivity index (χ2n) is 17.3. The van der Waals surface area contributed by atoms with Crippen LogP contribution in [0.5, 0.6) is 0 Å². The van der Waals surface area contributed by atoms with E-state index in [0.717, 1.165) is 25.7 Å². The van der Waals surface area contributed by atoms with Crippen LogP contribution in [0.2, 0.25) is 0 Å². The maximum atomic E-state index is 14.8.